The van der Waals surface area contributed by atoms with Gasteiger partial charge in [-0.3, -0.25) is 4.90 Å². The Labute approximate surface area is 189 Å². The molecule has 1 fully saturated rings. The number of piperazine rings is 1. The zero-order valence-electron chi connectivity index (χ0n) is 18.7. The zero-order chi connectivity index (χ0) is 22.3. The Bertz CT molecular complexity index is 1020. The summed E-state index contributed by atoms with van der Waals surface area (Å²) in [5, 5.41) is 3.37. The van der Waals surface area contributed by atoms with Crippen LogP contribution in [0.3, 0.4) is 0 Å². The molecule has 0 spiro atoms. The molecule has 1 N–H and O–H groups in total. The number of anilines is 3. The molecule has 2 aromatic carbocycles. The first-order chi connectivity index (χ1) is 15.6. The van der Waals surface area contributed by atoms with E-state index in [2.05, 4.69) is 44.4 Å². The first-order valence-corrected chi connectivity index (χ1v) is 11.1. The summed E-state index contributed by atoms with van der Waals surface area (Å²) in [6.45, 7) is 8.07. The molecule has 6 heteroatoms. The molecule has 0 saturated carbocycles. The summed E-state index contributed by atoms with van der Waals surface area (Å²) in [7, 11) is 0. The molecule has 0 amide bonds. The van der Waals surface area contributed by atoms with Crippen molar-refractivity contribution in [3.05, 3.63) is 84.1 Å². The van der Waals surface area contributed by atoms with Gasteiger partial charge < -0.3 is 15.0 Å². The number of carbonyl (C=O) groups is 1. The third-order valence-electron chi connectivity index (χ3n) is 5.45. The minimum absolute atomic E-state index is 0.206. The third kappa shape index (κ3) is 5.45. The van der Waals surface area contributed by atoms with Gasteiger partial charge in [0.1, 0.15) is 11.4 Å². The van der Waals surface area contributed by atoms with Crippen LogP contribution in [0.5, 0.6) is 0 Å². The van der Waals surface area contributed by atoms with Crippen molar-refractivity contribution in [2.75, 3.05) is 36.4 Å². The van der Waals surface area contributed by atoms with Crippen molar-refractivity contribution in [2.24, 2.45) is 0 Å². The van der Waals surface area contributed by atoms with Crippen LogP contribution in [0.1, 0.15) is 29.8 Å². The summed E-state index contributed by atoms with van der Waals surface area (Å²) < 4.78 is 5.59. The van der Waals surface area contributed by atoms with E-state index in [-0.39, 0.29) is 12.1 Å². The maximum absolute atomic E-state index is 13.1. The smallest absolute Gasteiger partial charge is 0.344 e. The summed E-state index contributed by atoms with van der Waals surface area (Å²) in [5.74, 6) is 0.323. The predicted octanol–water partition coefficient (Wildman–Crippen LogP) is 4.71. The van der Waals surface area contributed by atoms with Crippen LogP contribution in [0.4, 0.5) is 17.2 Å². The highest BCUT2D eigenvalue weighted by atomic mass is 16.5. The molecular formula is C26H30N4O2. The van der Waals surface area contributed by atoms with E-state index < -0.39 is 0 Å². The molecule has 1 saturated heterocycles. The molecule has 0 bridgehead atoms. The van der Waals surface area contributed by atoms with E-state index in [1.54, 1.807) is 6.20 Å². The second kappa shape index (κ2) is 10.3. The van der Waals surface area contributed by atoms with Gasteiger partial charge in [-0.2, -0.15) is 0 Å². The van der Waals surface area contributed by atoms with Crippen molar-refractivity contribution in [3.63, 3.8) is 0 Å². The van der Waals surface area contributed by atoms with Crippen molar-refractivity contribution in [3.8, 4) is 0 Å². The van der Waals surface area contributed by atoms with Crippen LogP contribution in [0.15, 0.2) is 72.9 Å². The first kappa shape index (κ1) is 21.8. The number of nitrogens with zero attached hydrogens (tertiary/aromatic N) is 3. The highest BCUT2D eigenvalue weighted by Crippen LogP contribution is 2.30. The van der Waals surface area contributed by atoms with Gasteiger partial charge in [-0.25, -0.2) is 9.78 Å². The summed E-state index contributed by atoms with van der Waals surface area (Å²) in [6, 6.07) is 22.2. The molecule has 32 heavy (non-hydrogen) atoms. The number of pyridine rings is 1. The van der Waals surface area contributed by atoms with Crippen LogP contribution in [0.2, 0.25) is 0 Å². The summed E-state index contributed by atoms with van der Waals surface area (Å²) in [6.07, 6.45) is 1.55. The summed E-state index contributed by atoms with van der Waals surface area (Å²) in [5.41, 5.74) is 3.42. The van der Waals surface area contributed by atoms with E-state index in [1.165, 1.54) is 5.56 Å². The van der Waals surface area contributed by atoms with Crippen molar-refractivity contribution in [2.45, 2.75) is 26.5 Å². The second-order valence-corrected chi connectivity index (χ2v) is 8.25. The van der Waals surface area contributed by atoms with E-state index in [0.717, 1.165) is 38.4 Å². The van der Waals surface area contributed by atoms with Crippen molar-refractivity contribution < 1.29 is 9.53 Å². The van der Waals surface area contributed by atoms with Crippen LogP contribution in [0.25, 0.3) is 0 Å². The van der Waals surface area contributed by atoms with Crippen LogP contribution < -0.4 is 10.2 Å². The Hall–Kier alpha value is -3.38. The normalized spacial score (nSPS) is 14.4. The fourth-order valence-corrected chi connectivity index (χ4v) is 3.91. The Morgan fingerprint density at radius 2 is 1.62 bits per heavy atom. The largest absolute Gasteiger partial charge is 0.459 e. The molecule has 0 aliphatic carbocycles. The Kier molecular flexibility index (Phi) is 7.02. The maximum Gasteiger partial charge on any atom is 0.344 e. The van der Waals surface area contributed by atoms with Crippen molar-refractivity contribution in [1.82, 2.24) is 9.88 Å². The number of hydrogen-bond donors (Lipinski definition) is 1. The number of esters is 1. The average Bonchev–Trinajstić information content (AvgIpc) is 2.80. The third-order valence-corrected chi connectivity index (χ3v) is 5.45. The van der Waals surface area contributed by atoms with Crippen molar-refractivity contribution in [1.29, 1.82) is 0 Å². The summed E-state index contributed by atoms with van der Waals surface area (Å²) in [4.78, 5) is 22.3. The van der Waals surface area contributed by atoms with E-state index >= 15 is 0 Å². The average molecular weight is 431 g/mol. The van der Waals surface area contributed by atoms with Gasteiger partial charge in [-0.05, 0) is 37.6 Å². The lowest BCUT2D eigenvalue weighted by atomic mass is 10.1. The molecule has 0 radical (unpaired) electrons. The van der Waals surface area contributed by atoms with Gasteiger partial charge >= 0.3 is 5.97 Å². The summed E-state index contributed by atoms with van der Waals surface area (Å²) >= 11 is 0. The van der Waals surface area contributed by atoms with Crippen LogP contribution >= 0.6 is 0 Å². The van der Waals surface area contributed by atoms with Gasteiger partial charge in [0.2, 0.25) is 0 Å². The number of nitrogens with one attached hydrogen (secondary N) is 1. The molecule has 1 aliphatic heterocycles. The van der Waals surface area contributed by atoms with Gasteiger partial charge in [0.05, 0.1) is 11.8 Å². The van der Waals surface area contributed by atoms with E-state index in [1.807, 2.05) is 56.3 Å². The van der Waals surface area contributed by atoms with Gasteiger partial charge in [0.25, 0.3) is 0 Å². The standard InChI is InChI=1S/C26H30N4O2/c1-20(2)32-26(31)24-23(28-22-11-7-4-8-12-22)13-14-27-25(24)30-17-15-29(16-18-30)19-21-9-5-3-6-10-21/h3-14,20H,15-19H2,1-2H3,(H,27,28). The van der Waals surface area contributed by atoms with E-state index in [0.29, 0.717) is 17.1 Å². The van der Waals surface area contributed by atoms with Gasteiger partial charge in [-0.15, -0.1) is 0 Å². The van der Waals surface area contributed by atoms with Crippen LogP contribution in [-0.2, 0) is 11.3 Å². The highest BCUT2D eigenvalue weighted by molar-refractivity contribution is 6.01. The molecule has 166 valence electrons. The van der Waals surface area contributed by atoms with Crippen molar-refractivity contribution >= 4 is 23.2 Å². The van der Waals surface area contributed by atoms with Crippen LogP contribution in [0, 0.1) is 0 Å². The second-order valence-electron chi connectivity index (χ2n) is 8.25. The zero-order valence-corrected chi connectivity index (χ0v) is 18.7. The minimum atomic E-state index is -0.353. The monoisotopic (exact) mass is 430 g/mol. The molecule has 0 atom stereocenters. The molecule has 6 nitrogen and oxygen atoms in total. The number of rotatable bonds is 7. The Balaban J connectivity index is 1.55. The number of hydrogen-bond acceptors (Lipinski definition) is 6. The number of carbonyl (C=O) groups excluding carboxylic acids is 1. The lowest BCUT2D eigenvalue weighted by Crippen LogP contribution is -2.46. The van der Waals surface area contributed by atoms with E-state index in [9.17, 15) is 4.79 Å². The van der Waals surface area contributed by atoms with Crippen LogP contribution in [-0.4, -0.2) is 48.1 Å². The molecule has 3 aromatic rings. The highest BCUT2D eigenvalue weighted by Gasteiger charge is 2.26. The van der Waals surface area contributed by atoms with E-state index in [4.69, 9.17) is 4.74 Å². The van der Waals surface area contributed by atoms with Gasteiger partial charge in [-0.1, -0.05) is 48.5 Å². The molecular weight excluding hydrogens is 400 g/mol. The molecule has 1 aliphatic rings. The molecule has 1 aromatic heterocycles. The fourth-order valence-electron chi connectivity index (χ4n) is 3.91. The number of ether oxygens (including phenoxy) is 1. The molecule has 2 heterocycles. The van der Waals surface area contributed by atoms with Gasteiger partial charge in [0, 0.05) is 44.6 Å². The minimum Gasteiger partial charge on any atom is -0.459 e. The topological polar surface area (TPSA) is 57.7 Å². The Morgan fingerprint density at radius 3 is 2.28 bits per heavy atom. The fraction of sp³-hybridized carbons (Fsp3) is 0.308. The number of aromatic nitrogens is 1. The lowest BCUT2D eigenvalue weighted by molar-refractivity contribution is 0.0379. The molecule has 0 unspecified atom stereocenters. The number of para-hydroxylation sites is 1. The lowest BCUT2D eigenvalue weighted by Gasteiger charge is -2.36. The van der Waals surface area contributed by atoms with Gasteiger partial charge in [0.15, 0.2) is 0 Å². The Morgan fingerprint density at radius 1 is 0.969 bits per heavy atom. The SMILES string of the molecule is CC(C)OC(=O)c1c(Nc2ccccc2)ccnc1N1CCN(Cc2ccccc2)CC1. The quantitative estimate of drug-likeness (QED) is 0.548. The molecule has 4 rings (SSSR count). The predicted molar refractivity (Wildman–Crippen MR) is 128 cm³/mol. The number of benzene rings is 2. The maximum atomic E-state index is 13.1. The first-order valence-electron chi connectivity index (χ1n) is 11.1.